The summed E-state index contributed by atoms with van der Waals surface area (Å²) in [7, 11) is 0. The number of nitrogens with zero attached hydrogens (tertiary/aromatic N) is 6. The SMILES string of the molecule is C[C@@H](NC(=O)CCCCCNC(=O)[C@@H]1C[C@@H](O)[C@H](n2cnc3c(N)ncnc32)O1)C(=O)NCCCCCC(=O)N[C@H](CCCN=C(N)N)C(=O)N[C@H](CCCN=C(N)N)C(N)=O. The Morgan fingerprint density at radius 1 is 0.774 bits per heavy atom. The molecule has 0 saturated carbocycles. The smallest absolute Gasteiger partial charge is 0.249 e. The minimum absolute atomic E-state index is 0.0882. The second-order valence-corrected chi connectivity index (χ2v) is 14.9. The van der Waals surface area contributed by atoms with Crippen LogP contribution in [0, 0.1) is 0 Å². The summed E-state index contributed by atoms with van der Waals surface area (Å²) in [5.74, 6) is -2.72. The fourth-order valence-electron chi connectivity index (χ4n) is 6.47. The van der Waals surface area contributed by atoms with Gasteiger partial charge in [0.2, 0.25) is 35.4 Å². The number of aliphatic hydroxyl groups is 1. The van der Waals surface area contributed by atoms with Crippen molar-refractivity contribution >= 4 is 64.3 Å². The largest absolute Gasteiger partial charge is 0.388 e. The third-order valence-electron chi connectivity index (χ3n) is 9.77. The van der Waals surface area contributed by atoms with Gasteiger partial charge >= 0.3 is 0 Å². The molecule has 0 bridgehead atoms. The van der Waals surface area contributed by atoms with Crippen LogP contribution in [0.15, 0.2) is 22.6 Å². The zero-order valence-electron chi connectivity index (χ0n) is 35.1. The highest BCUT2D eigenvalue weighted by atomic mass is 16.5. The average molecular weight is 874 g/mol. The van der Waals surface area contributed by atoms with Gasteiger partial charge in [0.1, 0.15) is 42.2 Å². The van der Waals surface area contributed by atoms with E-state index in [0.29, 0.717) is 75.6 Å². The number of aliphatic imine (C=N–C) groups is 2. The number of aliphatic hydroxyl groups excluding tert-OH is 1. The van der Waals surface area contributed by atoms with Gasteiger partial charge in [0.15, 0.2) is 29.6 Å². The minimum atomic E-state index is -1.00. The Kier molecular flexibility index (Phi) is 21.0. The van der Waals surface area contributed by atoms with Gasteiger partial charge in [0, 0.05) is 45.4 Å². The number of rotatable bonds is 28. The van der Waals surface area contributed by atoms with E-state index in [9.17, 15) is 33.9 Å². The molecule has 0 aliphatic carbocycles. The van der Waals surface area contributed by atoms with Crippen molar-refractivity contribution < 1.29 is 38.6 Å². The molecule has 25 nitrogen and oxygen atoms in total. The molecular formula is C37H63N17O8. The Labute approximate surface area is 358 Å². The number of guanidine groups is 2. The number of ether oxygens (including phenoxy) is 1. The molecule has 18 N–H and O–H groups in total. The van der Waals surface area contributed by atoms with Crippen molar-refractivity contribution in [3.63, 3.8) is 0 Å². The standard InChI is InChI=1S/C37H63N17O8/c1-21(51-26(56)12-4-2-7-15-45-34(61)25-18-24(55)35(62-25)54-20-50-28-29(38)48-19-49-31(28)54)32(59)44-14-6-3-5-13-27(57)52-23(11-9-17-47-37(42)43)33(60)53-22(30(39)58)10-8-16-46-36(40)41/h19-25,35,55H,2-18H2,1H3,(H2,39,58)(H,44,59)(H,45,61)(H,51,56)(H,52,57)(H,53,60)(H2,38,48,49)(H4,40,41,46)(H4,42,43,47)/t21-,22-,23-,24-,25+,35-/m1/s1. The van der Waals surface area contributed by atoms with Crippen LogP contribution in [0.25, 0.3) is 11.2 Å². The fourth-order valence-corrected chi connectivity index (χ4v) is 6.47. The molecule has 25 heteroatoms. The molecule has 0 radical (unpaired) electrons. The summed E-state index contributed by atoms with van der Waals surface area (Å²) in [4.78, 5) is 95.6. The highest BCUT2D eigenvalue weighted by Crippen LogP contribution is 2.31. The van der Waals surface area contributed by atoms with Crippen molar-refractivity contribution in [3.05, 3.63) is 12.7 Å². The quantitative estimate of drug-likeness (QED) is 0.0224. The number of nitrogen functional groups attached to an aromatic ring is 1. The van der Waals surface area contributed by atoms with Crippen molar-refractivity contribution in [2.75, 3.05) is 31.9 Å². The first-order valence-electron chi connectivity index (χ1n) is 20.7. The van der Waals surface area contributed by atoms with Crippen LogP contribution >= 0.6 is 0 Å². The van der Waals surface area contributed by atoms with Gasteiger partial charge in [0.05, 0.1) is 6.33 Å². The molecule has 344 valence electrons. The van der Waals surface area contributed by atoms with Crippen molar-refractivity contribution in [2.24, 2.45) is 38.7 Å². The first-order valence-corrected chi connectivity index (χ1v) is 20.7. The average Bonchev–Trinajstić information content (AvgIpc) is 3.83. The number of carbonyl (C=O) groups is 6. The summed E-state index contributed by atoms with van der Waals surface area (Å²) in [5, 5.41) is 24.2. The minimum Gasteiger partial charge on any atom is -0.388 e. The number of imidazole rings is 1. The maximum Gasteiger partial charge on any atom is 0.249 e. The van der Waals surface area contributed by atoms with Crippen LogP contribution in [-0.4, -0.2) is 129 Å². The number of nitrogens with two attached hydrogens (primary N) is 6. The summed E-state index contributed by atoms with van der Waals surface area (Å²) in [6, 6.07) is -2.73. The zero-order chi connectivity index (χ0) is 45.6. The van der Waals surface area contributed by atoms with Crippen LogP contribution in [0.3, 0.4) is 0 Å². The highest BCUT2D eigenvalue weighted by molar-refractivity contribution is 5.91. The van der Waals surface area contributed by atoms with Crippen LogP contribution in [0.2, 0.25) is 0 Å². The van der Waals surface area contributed by atoms with E-state index in [0.717, 1.165) is 0 Å². The van der Waals surface area contributed by atoms with Crippen LogP contribution in [0.5, 0.6) is 0 Å². The molecule has 6 atom stereocenters. The van der Waals surface area contributed by atoms with E-state index in [4.69, 9.17) is 39.1 Å². The van der Waals surface area contributed by atoms with Crippen molar-refractivity contribution in [1.82, 2.24) is 46.1 Å². The van der Waals surface area contributed by atoms with Gasteiger partial charge in [-0.05, 0) is 58.3 Å². The monoisotopic (exact) mass is 874 g/mol. The lowest BCUT2D eigenvalue weighted by molar-refractivity contribution is -0.134. The number of amides is 6. The van der Waals surface area contributed by atoms with E-state index in [1.165, 1.54) is 17.2 Å². The number of hydrogen-bond acceptors (Lipinski definition) is 14. The number of unbranched alkanes of at least 4 members (excludes halogenated alkanes) is 4. The zero-order valence-corrected chi connectivity index (χ0v) is 35.1. The van der Waals surface area contributed by atoms with Crippen LogP contribution in [0.1, 0.15) is 96.6 Å². The van der Waals surface area contributed by atoms with E-state index < -0.39 is 48.4 Å². The van der Waals surface area contributed by atoms with E-state index in [1.54, 1.807) is 6.92 Å². The summed E-state index contributed by atoms with van der Waals surface area (Å²) in [6.45, 7) is 2.73. The van der Waals surface area contributed by atoms with E-state index in [2.05, 4.69) is 51.5 Å². The molecule has 1 aliphatic rings. The number of anilines is 1. The number of hydrogen-bond donors (Lipinski definition) is 12. The summed E-state index contributed by atoms with van der Waals surface area (Å²) in [5.41, 5.74) is 33.5. The third-order valence-corrected chi connectivity index (χ3v) is 9.77. The molecule has 3 rings (SSSR count). The molecule has 0 unspecified atom stereocenters. The Balaban J connectivity index is 1.27. The third kappa shape index (κ3) is 17.3. The van der Waals surface area contributed by atoms with Gasteiger partial charge in [-0.1, -0.05) is 12.8 Å². The fraction of sp³-hybridized carbons (Fsp3) is 0.649. The maximum absolute atomic E-state index is 13.1. The summed E-state index contributed by atoms with van der Waals surface area (Å²) < 4.78 is 7.35. The Hall–Kier alpha value is -6.37. The summed E-state index contributed by atoms with van der Waals surface area (Å²) in [6.07, 6.45) is 4.98. The molecule has 6 amide bonds. The van der Waals surface area contributed by atoms with Gasteiger partial charge in [-0.3, -0.25) is 43.3 Å². The highest BCUT2D eigenvalue weighted by Gasteiger charge is 2.40. The molecule has 1 aliphatic heterocycles. The van der Waals surface area contributed by atoms with Gasteiger partial charge in [-0.15, -0.1) is 0 Å². The maximum atomic E-state index is 13.1. The molecule has 2 aromatic heterocycles. The van der Waals surface area contributed by atoms with Crippen LogP contribution in [-0.2, 0) is 33.5 Å². The predicted molar refractivity (Wildman–Crippen MR) is 228 cm³/mol. The molecule has 3 heterocycles. The first kappa shape index (κ1) is 50.0. The van der Waals surface area contributed by atoms with Gasteiger partial charge < -0.3 is 70.8 Å². The van der Waals surface area contributed by atoms with Crippen molar-refractivity contribution in [2.45, 2.75) is 127 Å². The molecular weight excluding hydrogens is 811 g/mol. The second kappa shape index (κ2) is 26.1. The Morgan fingerprint density at radius 2 is 1.37 bits per heavy atom. The normalized spacial score (nSPS) is 17.2. The molecule has 0 aromatic carbocycles. The molecule has 0 spiro atoms. The van der Waals surface area contributed by atoms with Crippen molar-refractivity contribution in [3.8, 4) is 0 Å². The number of nitrogens with one attached hydrogen (secondary N) is 5. The molecule has 2 aromatic rings. The second-order valence-electron chi connectivity index (χ2n) is 14.9. The predicted octanol–water partition coefficient (Wildman–Crippen LogP) is -3.52. The Bertz CT molecular complexity index is 1870. The first-order chi connectivity index (χ1) is 29.6. The number of aromatic nitrogens is 4. The van der Waals surface area contributed by atoms with Gasteiger partial charge in [-0.25, -0.2) is 15.0 Å². The lowest BCUT2D eigenvalue weighted by atomic mass is 10.1. The van der Waals surface area contributed by atoms with Crippen LogP contribution < -0.4 is 61.0 Å². The van der Waals surface area contributed by atoms with E-state index >= 15 is 0 Å². The Morgan fingerprint density at radius 3 is 1.98 bits per heavy atom. The van der Waals surface area contributed by atoms with Crippen molar-refractivity contribution in [1.29, 1.82) is 0 Å². The topological polar surface area (TPSA) is 416 Å². The summed E-state index contributed by atoms with van der Waals surface area (Å²) >= 11 is 0. The molecule has 1 fully saturated rings. The number of primary amides is 1. The van der Waals surface area contributed by atoms with Crippen LogP contribution in [0.4, 0.5) is 5.82 Å². The van der Waals surface area contributed by atoms with Gasteiger partial charge in [0.25, 0.3) is 0 Å². The lowest BCUT2D eigenvalue weighted by Crippen LogP contribution is -2.53. The number of carbonyl (C=O) groups excluding carboxylic acids is 6. The molecule has 1 saturated heterocycles. The number of fused-ring (bicyclic) bond motifs is 1. The molecule has 62 heavy (non-hydrogen) atoms. The van der Waals surface area contributed by atoms with E-state index in [1.807, 2.05) is 0 Å². The van der Waals surface area contributed by atoms with E-state index in [-0.39, 0.29) is 86.6 Å². The lowest BCUT2D eigenvalue weighted by Gasteiger charge is -2.22. The van der Waals surface area contributed by atoms with Gasteiger partial charge in [-0.2, -0.15) is 0 Å².